The van der Waals surface area contributed by atoms with Gasteiger partial charge < -0.3 is 4.74 Å². The predicted octanol–water partition coefficient (Wildman–Crippen LogP) is 3.70. The molecule has 27 heavy (non-hydrogen) atoms. The zero-order chi connectivity index (χ0) is 19.8. The van der Waals surface area contributed by atoms with Crippen LogP contribution in [-0.4, -0.2) is 23.5 Å². The first-order valence-corrected chi connectivity index (χ1v) is 10.4. The predicted molar refractivity (Wildman–Crippen MR) is 112 cm³/mol. The molecule has 1 aromatic rings. The van der Waals surface area contributed by atoms with Gasteiger partial charge in [-0.2, -0.15) is 0 Å². The Morgan fingerprint density at radius 3 is 2.56 bits per heavy atom. The standard InChI is InChI=1S/C19H26BrN3O3S/c1-12(2)11-26-16-9-8-14(10-15(16)20)17(24)21-19(27)23-22-18(25)13-6-4-3-5-7-13/h8-10,12-13H,3-7,11H2,1-2H3,(H,22,25)(H2,21,23,24,27). The number of nitrogens with one attached hydrogen (secondary N) is 3. The number of rotatable bonds is 5. The van der Waals surface area contributed by atoms with Gasteiger partial charge in [0, 0.05) is 11.5 Å². The number of benzene rings is 1. The molecule has 148 valence electrons. The van der Waals surface area contributed by atoms with Crippen LogP contribution in [0.15, 0.2) is 22.7 Å². The van der Waals surface area contributed by atoms with Crippen molar-refractivity contribution in [1.82, 2.24) is 16.2 Å². The fourth-order valence-electron chi connectivity index (χ4n) is 2.81. The third-order valence-corrected chi connectivity index (χ3v) is 5.09. The number of halogens is 1. The van der Waals surface area contributed by atoms with E-state index in [4.69, 9.17) is 17.0 Å². The van der Waals surface area contributed by atoms with E-state index in [-0.39, 0.29) is 22.8 Å². The Kier molecular flexibility index (Phi) is 8.50. The Morgan fingerprint density at radius 2 is 1.93 bits per heavy atom. The van der Waals surface area contributed by atoms with Crippen LogP contribution in [-0.2, 0) is 4.79 Å². The van der Waals surface area contributed by atoms with Crippen molar-refractivity contribution >= 4 is 45.1 Å². The topological polar surface area (TPSA) is 79.5 Å². The number of hydrazine groups is 1. The van der Waals surface area contributed by atoms with Gasteiger partial charge in [0.05, 0.1) is 11.1 Å². The number of amides is 2. The maximum atomic E-state index is 12.3. The van der Waals surface area contributed by atoms with Crippen molar-refractivity contribution in [2.24, 2.45) is 11.8 Å². The lowest BCUT2D eigenvalue weighted by atomic mass is 9.89. The minimum atomic E-state index is -0.365. The molecule has 0 aliphatic heterocycles. The Labute approximate surface area is 173 Å². The summed E-state index contributed by atoms with van der Waals surface area (Å²) in [6, 6.07) is 5.08. The van der Waals surface area contributed by atoms with Crippen molar-refractivity contribution in [1.29, 1.82) is 0 Å². The zero-order valence-electron chi connectivity index (χ0n) is 15.6. The normalized spacial score (nSPS) is 14.5. The molecule has 1 saturated carbocycles. The highest BCUT2D eigenvalue weighted by Crippen LogP contribution is 2.26. The number of carbonyl (C=O) groups is 2. The smallest absolute Gasteiger partial charge is 0.257 e. The van der Waals surface area contributed by atoms with Crippen LogP contribution in [0, 0.1) is 11.8 Å². The summed E-state index contributed by atoms with van der Waals surface area (Å²) < 4.78 is 6.37. The Hall–Kier alpha value is -1.67. The molecule has 2 amide bonds. The van der Waals surface area contributed by atoms with Gasteiger partial charge in [-0.15, -0.1) is 0 Å². The molecular formula is C19H26BrN3O3S. The van der Waals surface area contributed by atoms with Crippen LogP contribution in [0.3, 0.4) is 0 Å². The van der Waals surface area contributed by atoms with Gasteiger partial charge in [-0.1, -0.05) is 33.1 Å². The fraction of sp³-hybridized carbons (Fsp3) is 0.526. The summed E-state index contributed by atoms with van der Waals surface area (Å²) in [5, 5.41) is 2.61. The van der Waals surface area contributed by atoms with E-state index in [1.165, 1.54) is 6.42 Å². The molecule has 0 unspecified atom stereocenters. The third-order valence-electron chi connectivity index (χ3n) is 4.27. The second-order valence-corrected chi connectivity index (χ2v) is 8.35. The Balaban J connectivity index is 1.82. The summed E-state index contributed by atoms with van der Waals surface area (Å²) in [4.78, 5) is 24.4. The van der Waals surface area contributed by atoms with Crippen LogP contribution in [0.5, 0.6) is 5.75 Å². The minimum absolute atomic E-state index is 0.0130. The Bertz CT molecular complexity index is 691. The second kappa shape index (κ2) is 10.6. The number of ether oxygens (including phenoxy) is 1. The van der Waals surface area contributed by atoms with Crippen molar-refractivity contribution in [3.05, 3.63) is 28.2 Å². The molecule has 8 heteroatoms. The van der Waals surface area contributed by atoms with E-state index in [0.717, 1.165) is 25.7 Å². The molecule has 1 fully saturated rings. The quantitative estimate of drug-likeness (QED) is 0.465. The highest BCUT2D eigenvalue weighted by atomic mass is 79.9. The molecule has 2 rings (SSSR count). The van der Waals surface area contributed by atoms with Crippen LogP contribution < -0.4 is 20.9 Å². The molecule has 3 N–H and O–H groups in total. The molecule has 1 aliphatic rings. The number of thiocarbonyl (C=S) groups is 1. The van der Waals surface area contributed by atoms with Gasteiger partial charge in [0.1, 0.15) is 5.75 Å². The lowest BCUT2D eigenvalue weighted by Crippen LogP contribution is -2.50. The van der Waals surface area contributed by atoms with E-state index in [1.54, 1.807) is 18.2 Å². The molecule has 0 radical (unpaired) electrons. The summed E-state index contributed by atoms with van der Waals surface area (Å²) in [7, 11) is 0. The lowest BCUT2D eigenvalue weighted by molar-refractivity contribution is -0.126. The van der Waals surface area contributed by atoms with Crippen LogP contribution in [0.4, 0.5) is 0 Å². The van der Waals surface area contributed by atoms with Gasteiger partial charge in [-0.25, -0.2) is 0 Å². The van der Waals surface area contributed by atoms with Crippen molar-refractivity contribution in [3.63, 3.8) is 0 Å². The zero-order valence-corrected chi connectivity index (χ0v) is 18.0. The van der Waals surface area contributed by atoms with Crippen LogP contribution >= 0.6 is 28.1 Å². The van der Waals surface area contributed by atoms with E-state index in [0.29, 0.717) is 28.3 Å². The maximum absolute atomic E-state index is 12.3. The van der Waals surface area contributed by atoms with E-state index < -0.39 is 0 Å². The molecule has 0 saturated heterocycles. The van der Waals surface area contributed by atoms with E-state index in [9.17, 15) is 9.59 Å². The summed E-state index contributed by atoms with van der Waals surface area (Å²) in [5.74, 6) is 0.656. The molecule has 0 spiro atoms. The average molecular weight is 456 g/mol. The monoisotopic (exact) mass is 455 g/mol. The van der Waals surface area contributed by atoms with Gasteiger partial charge in [0.15, 0.2) is 5.11 Å². The van der Waals surface area contributed by atoms with Crippen molar-refractivity contribution in [3.8, 4) is 5.75 Å². The molecule has 1 aliphatic carbocycles. The van der Waals surface area contributed by atoms with Gasteiger partial charge in [-0.3, -0.25) is 25.8 Å². The average Bonchev–Trinajstić information content (AvgIpc) is 2.65. The van der Waals surface area contributed by atoms with E-state index >= 15 is 0 Å². The van der Waals surface area contributed by atoms with Gasteiger partial charge >= 0.3 is 0 Å². The molecule has 0 bridgehead atoms. The fourth-order valence-corrected chi connectivity index (χ4v) is 3.44. The molecule has 0 aromatic heterocycles. The second-order valence-electron chi connectivity index (χ2n) is 7.08. The molecule has 0 heterocycles. The highest BCUT2D eigenvalue weighted by molar-refractivity contribution is 9.10. The first-order valence-electron chi connectivity index (χ1n) is 9.20. The molecule has 1 aromatic carbocycles. The Morgan fingerprint density at radius 1 is 1.22 bits per heavy atom. The van der Waals surface area contributed by atoms with Crippen molar-refractivity contribution in [2.45, 2.75) is 46.0 Å². The number of carbonyl (C=O) groups excluding carboxylic acids is 2. The summed E-state index contributed by atoms with van der Waals surface area (Å²) in [5.41, 5.74) is 5.62. The molecule has 6 nitrogen and oxygen atoms in total. The molecular weight excluding hydrogens is 430 g/mol. The van der Waals surface area contributed by atoms with Crippen LogP contribution in [0.2, 0.25) is 0 Å². The van der Waals surface area contributed by atoms with Crippen molar-refractivity contribution < 1.29 is 14.3 Å². The SMILES string of the molecule is CC(C)COc1ccc(C(=O)NC(=S)NNC(=O)C2CCCCC2)cc1Br. The van der Waals surface area contributed by atoms with Crippen LogP contribution in [0.25, 0.3) is 0 Å². The third kappa shape index (κ3) is 7.10. The number of hydrogen-bond acceptors (Lipinski definition) is 4. The van der Waals surface area contributed by atoms with Crippen LogP contribution in [0.1, 0.15) is 56.3 Å². The maximum Gasteiger partial charge on any atom is 0.257 e. The first kappa shape index (κ1) is 21.6. The van der Waals surface area contributed by atoms with E-state index in [2.05, 4.69) is 45.9 Å². The van der Waals surface area contributed by atoms with E-state index in [1.807, 2.05) is 0 Å². The molecule has 0 atom stereocenters. The van der Waals surface area contributed by atoms with Crippen molar-refractivity contribution in [2.75, 3.05) is 6.61 Å². The minimum Gasteiger partial charge on any atom is -0.492 e. The largest absolute Gasteiger partial charge is 0.492 e. The summed E-state index contributed by atoms with van der Waals surface area (Å²) in [6.07, 6.45) is 5.12. The summed E-state index contributed by atoms with van der Waals surface area (Å²) >= 11 is 8.50. The lowest BCUT2D eigenvalue weighted by Gasteiger charge is -2.21. The highest BCUT2D eigenvalue weighted by Gasteiger charge is 2.21. The van der Waals surface area contributed by atoms with Gasteiger partial charge in [0.25, 0.3) is 5.91 Å². The number of hydrogen-bond donors (Lipinski definition) is 3. The van der Waals surface area contributed by atoms with Gasteiger partial charge in [0.2, 0.25) is 5.91 Å². The first-order chi connectivity index (χ1) is 12.9. The summed E-state index contributed by atoms with van der Waals surface area (Å²) in [6.45, 7) is 4.73. The van der Waals surface area contributed by atoms with Gasteiger partial charge in [-0.05, 0) is 65.1 Å².